The number of hydrogen-bond donors (Lipinski definition) is 1. The number of fused-ring (bicyclic) bond motifs is 5. The maximum absolute atomic E-state index is 13.0. The summed E-state index contributed by atoms with van der Waals surface area (Å²) >= 11 is 0. The summed E-state index contributed by atoms with van der Waals surface area (Å²) in [5.74, 6) is 1.61. The summed E-state index contributed by atoms with van der Waals surface area (Å²) in [5.41, 5.74) is 0.585. The number of aliphatic hydroxyl groups is 1. The van der Waals surface area contributed by atoms with Gasteiger partial charge in [-0.2, -0.15) is 0 Å². The third kappa shape index (κ3) is 2.15. The minimum absolute atomic E-state index is 0.242. The van der Waals surface area contributed by atoms with Crippen molar-refractivity contribution in [2.75, 3.05) is 35.0 Å². The normalized spacial score (nSPS) is 19.9. The fourth-order valence-corrected chi connectivity index (χ4v) is 4.11. The Balaban J connectivity index is 2.04. The Morgan fingerprint density at radius 3 is 2.26 bits per heavy atom. The van der Waals surface area contributed by atoms with E-state index in [1.165, 1.54) is 26.2 Å². The van der Waals surface area contributed by atoms with Crippen molar-refractivity contribution in [1.29, 1.82) is 0 Å². The highest BCUT2D eigenvalue weighted by Crippen LogP contribution is 2.53. The first-order chi connectivity index (χ1) is 13.0. The lowest BCUT2D eigenvalue weighted by Crippen LogP contribution is -2.49. The second-order valence-electron chi connectivity index (χ2n) is 6.47. The van der Waals surface area contributed by atoms with E-state index in [0.717, 1.165) is 5.56 Å². The Morgan fingerprint density at radius 2 is 1.63 bits per heavy atom. The average Bonchev–Trinajstić information content (AvgIpc) is 2.93. The summed E-state index contributed by atoms with van der Waals surface area (Å²) in [6.45, 7) is 0.373. The van der Waals surface area contributed by atoms with Crippen LogP contribution in [0.25, 0.3) is 0 Å². The quantitative estimate of drug-likeness (QED) is 0.885. The van der Waals surface area contributed by atoms with E-state index in [2.05, 4.69) is 0 Å². The van der Waals surface area contributed by atoms with Crippen molar-refractivity contribution in [3.8, 4) is 23.0 Å². The van der Waals surface area contributed by atoms with Gasteiger partial charge in [0.2, 0.25) is 0 Å². The van der Waals surface area contributed by atoms with Crippen molar-refractivity contribution < 1.29 is 28.8 Å². The molecule has 0 bridgehead atoms. The number of carbonyl (C=O) groups is 1. The van der Waals surface area contributed by atoms with Gasteiger partial charge in [-0.15, -0.1) is 0 Å². The molecule has 1 unspecified atom stereocenters. The highest BCUT2D eigenvalue weighted by atomic mass is 16.5. The minimum atomic E-state index is -1.67. The first kappa shape index (κ1) is 17.5. The van der Waals surface area contributed by atoms with Gasteiger partial charge in [-0.3, -0.25) is 4.79 Å². The molecule has 2 aliphatic rings. The molecule has 1 atom stereocenters. The number of ether oxygens (including phenoxy) is 4. The molecule has 4 rings (SSSR count). The van der Waals surface area contributed by atoms with E-state index in [4.69, 9.17) is 18.9 Å². The van der Waals surface area contributed by atoms with E-state index in [1.807, 2.05) is 6.07 Å². The standard InChI is InChI=1S/C20H21NO6/c1-24-14-6-5-12-17(18(14)27-4)20(23)13-10-16(26-3)15(25-2)9-11(13)7-8-21(20)19(12)22/h5-6,9-10,23H,7-8H2,1-4H3. The summed E-state index contributed by atoms with van der Waals surface area (Å²) in [6, 6.07) is 6.91. The number of rotatable bonds is 4. The monoisotopic (exact) mass is 371 g/mol. The van der Waals surface area contributed by atoms with Crippen LogP contribution in [0, 0.1) is 0 Å². The van der Waals surface area contributed by atoms with Gasteiger partial charge in [0, 0.05) is 12.1 Å². The van der Waals surface area contributed by atoms with Gasteiger partial charge in [-0.25, -0.2) is 0 Å². The van der Waals surface area contributed by atoms with Gasteiger partial charge in [0.05, 0.1) is 39.6 Å². The maximum Gasteiger partial charge on any atom is 0.257 e. The molecule has 0 spiro atoms. The lowest BCUT2D eigenvalue weighted by molar-refractivity contribution is -0.0576. The SMILES string of the molecule is COc1cc2c(cc1OC)C1(O)c3c(ccc(OC)c3OC)C(=O)N1CC2. The van der Waals surface area contributed by atoms with Gasteiger partial charge in [0.15, 0.2) is 28.7 Å². The number of methoxy groups -OCH3 is 4. The van der Waals surface area contributed by atoms with E-state index < -0.39 is 5.72 Å². The fraction of sp³-hybridized carbons (Fsp3) is 0.350. The lowest BCUT2D eigenvalue weighted by Gasteiger charge is -2.40. The van der Waals surface area contributed by atoms with Gasteiger partial charge >= 0.3 is 0 Å². The Bertz CT molecular complexity index is 941. The summed E-state index contributed by atoms with van der Waals surface area (Å²) in [4.78, 5) is 14.5. The summed E-state index contributed by atoms with van der Waals surface area (Å²) in [5, 5.41) is 11.9. The third-order valence-corrected chi connectivity index (χ3v) is 5.35. The molecule has 1 amide bonds. The van der Waals surface area contributed by atoms with Gasteiger partial charge in [-0.05, 0) is 36.2 Å². The highest BCUT2D eigenvalue weighted by Gasteiger charge is 2.55. The van der Waals surface area contributed by atoms with Crippen LogP contribution >= 0.6 is 0 Å². The third-order valence-electron chi connectivity index (χ3n) is 5.35. The molecule has 0 aliphatic carbocycles. The molecule has 0 radical (unpaired) electrons. The molecular weight excluding hydrogens is 350 g/mol. The molecule has 1 N–H and O–H groups in total. The second kappa shape index (κ2) is 6.06. The van der Waals surface area contributed by atoms with Crippen LogP contribution in [0.3, 0.4) is 0 Å². The fourth-order valence-electron chi connectivity index (χ4n) is 4.11. The van der Waals surface area contributed by atoms with Crippen molar-refractivity contribution in [3.05, 3.63) is 46.5 Å². The van der Waals surface area contributed by atoms with Crippen LogP contribution in [0.5, 0.6) is 23.0 Å². The largest absolute Gasteiger partial charge is 0.493 e. The first-order valence-electron chi connectivity index (χ1n) is 8.56. The second-order valence-corrected chi connectivity index (χ2v) is 6.47. The van der Waals surface area contributed by atoms with Gasteiger partial charge in [-0.1, -0.05) is 0 Å². The van der Waals surface area contributed by atoms with E-state index in [1.54, 1.807) is 25.3 Å². The van der Waals surface area contributed by atoms with Gasteiger partial charge in [0.1, 0.15) is 0 Å². The average molecular weight is 371 g/mol. The van der Waals surface area contributed by atoms with Gasteiger partial charge < -0.3 is 29.0 Å². The molecule has 2 aromatic rings. The molecule has 142 valence electrons. The zero-order valence-corrected chi connectivity index (χ0v) is 15.7. The zero-order chi connectivity index (χ0) is 19.3. The molecule has 7 heteroatoms. The van der Waals surface area contributed by atoms with Crippen molar-refractivity contribution >= 4 is 5.91 Å². The van der Waals surface area contributed by atoms with Crippen LogP contribution < -0.4 is 18.9 Å². The summed E-state index contributed by atoms with van der Waals surface area (Å²) < 4.78 is 21.7. The number of nitrogens with zero attached hydrogens (tertiary/aromatic N) is 1. The van der Waals surface area contributed by atoms with Crippen LogP contribution in [0.4, 0.5) is 0 Å². The van der Waals surface area contributed by atoms with Gasteiger partial charge in [0.25, 0.3) is 5.91 Å². The molecule has 0 fully saturated rings. The molecular formula is C20H21NO6. The zero-order valence-electron chi connectivity index (χ0n) is 15.7. The molecule has 0 saturated heterocycles. The van der Waals surface area contributed by atoms with Crippen LogP contribution in [-0.2, 0) is 12.1 Å². The molecule has 27 heavy (non-hydrogen) atoms. The Labute approximate surface area is 157 Å². The van der Waals surface area contributed by atoms with Crippen LogP contribution in [0.1, 0.15) is 27.0 Å². The molecule has 2 aromatic carbocycles. The highest BCUT2D eigenvalue weighted by molar-refractivity contribution is 6.02. The predicted octanol–water partition coefficient (Wildman–Crippen LogP) is 1.93. The molecule has 0 aromatic heterocycles. The Hall–Kier alpha value is -2.93. The van der Waals surface area contributed by atoms with Crippen molar-refractivity contribution in [3.63, 3.8) is 0 Å². The van der Waals surface area contributed by atoms with Crippen molar-refractivity contribution in [2.24, 2.45) is 0 Å². The number of hydrogen-bond acceptors (Lipinski definition) is 6. The topological polar surface area (TPSA) is 77.5 Å². The van der Waals surface area contributed by atoms with Crippen LogP contribution in [0.2, 0.25) is 0 Å². The molecule has 2 heterocycles. The first-order valence-corrected chi connectivity index (χ1v) is 8.56. The Morgan fingerprint density at radius 1 is 0.963 bits per heavy atom. The number of carbonyl (C=O) groups excluding carboxylic acids is 1. The lowest BCUT2D eigenvalue weighted by atomic mass is 9.85. The number of benzene rings is 2. The molecule has 0 saturated carbocycles. The van der Waals surface area contributed by atoms with Crippen LogP contribution in [-0.4, -0.2) is 50.9 Å². The number of amides is 1. The smallest absolute Gasteiger partial charge is 0.257 e. The van der Waals surface area contributed by atoms with Crippen molar-refractivity contribution in [2.45, 2.75) is 12.1 Å². The summed E-state index contributed by atoms with van der Waals surface area (Å²) in [7, 11) is 6.11. The van der Waals surface area contributed by atoms with Crippen LogP contribution in [0.15, 0.2) is 24.3 Å². The van der Waals surface area contributed by atoms with Crippen molar-refractivity contribution in [1.82, 2.24) is 4.90 Å². The van der Waals surface area contributed by atoms with E-state index in [-0.39, 0.29) is 5.91 Å². The minimum Gasteiger partial charge on any atom is -0.493 e. The Kier molecular flexibility index (Phi) is 3.92. The predicted molar refractivity (Wildman–Crippen MR) is 96.8 cm³/mol. The summed E-state index contributed by atoms with van der Waals surface area (Å²) in [6.07, 6.45) is 0.594. The molecule has 2 aliphatic heterocycles. The van der Waals surface area contributed by atoms with E-state index in [0.29, 0.717) is 52.7 Å². The molecule has 7 nitrogen and oxygen atoms in total. The maximum atomic E-state index is 13.0. The van der Waals surface area contributed by atoms with E-state index >= 15 is 0 Å². The van der Waals surface area contributed by atoms with E-state index in [9.17, 15) is 9.90 Å².